The summed E-state index contributed by atoms with van der Waals surface area (Å²) in [6.07, 6.45) is -0.994. The van der Waals surface area contributed by atoms with Crippen LogP contribution in [0.4, 0.5) is 13.2 Å². The van der Waals surface area contributed by atoms with Gasteiger partial charge in [-0.3, -0.25) is 18.8 Å². The monoisotopic (exact) mass is 426 g/mol. The number of nitrogens with one attached hydrogen (secondary N) is 1. The fourth-order valence-corrected chi connectivity index (χ4v) is 3.69. The number of halogens is 3. The maximum Gasteiger partial charge on any atom is 0.416 e. The zero-order valence-electron chi connectivity index (χ0n) is 16.4. The normalized spacial score (nSPS) is 14.3. The van der Waals surface area contributed by atoms with Crippen LogP contribution >= 0.6 is 0 Å². The van der Waals surface area contributed by atoms with Crippen molar-refractivity contribution in [3.05, 3.63) is 70.1 Å². The lowest BCUT2D eigenvalue weighted by atomic mass is 10.1. The van der Waals surface area contributed by atoms with Crippen molar-refractivity contribution in [2.45, 2.75) is 25.1 Å². The van der Waals surface area contributed by atoms with Gasteiger partial charge in [-0.2, -0.15) is 18.3 Å². The molecule has 2 aromatic carbocycles. The minimum Gasteiger partial charge on any atom is -0.349 e. The number of hydrogen-bond acceptors (Lipinski definition) is 3. The minimum absolute atomic E-state index is 0.194. The summed E-state index contributed by atoms with van der Waals surface area (Å²) in [6.45, 7) is 0. The van der Waals surface area contributed by atoms with E-state index in [1.165, 1.54) is 21.4 Å². The molecule has 0 atom stereocenters. The first kappa shape index (κ1) is 19.3. The SMILES string of the molecule is Cn1cc2c(=O)n(-c3ccc(C(F)(F)F)cc3)c3ccc(C(=O)NC4CC4)cc3c2n1. The van der Waals surface area contributed by atoms with Gasteiger partial charge in [0.15, 0.2) is 0 Å². The molecule has 0 saturated heterocycles. The van der Waals surface area contributed by atoms with Gasteiger partial charge in [-0.05, 0) is 55.3 Å². The number of amides is 1. The molecular weight excluding hydrogens is 409 g/mol. The van der Waals surface area contributed by atoms with E-state index in [2.05, 4.69) is 10.4 Å². The Labute approximate surface area is 173 Å². The van der Waals surface area contributed by atoms with Crippen molar-refractivity contribution in [1.29, 1.82) is 0 Å². The number of carbonyl (C=O) groups excluding carboxylic acids is 1. The van der Waals surface area contributed by atoms with E-state index in [1.807, 2.05) is 0 Å². The third-order valence-corrected chi connectivity index (χ3v) is 5.38. The van der Waals surface area contributed by atoms with Gasteiger partial charge in [0, 0.05) is 35.9 Å². The van der Waals surface area contributed by atoms with Crippen molar-refractivity contribution in [2.75, 3.05) is 0 Å². The third kappa shape index (κ3) is 3.35. The molecule has 1 fully saturated rings. The van der Waals surface area contributed by atoms with E-state index in [4.69, 9.17) is 0 Å². The Morgan fingerprint density at radius 1 is 1.10 bits per heavy atom. The van der Waals surface area contributed by atoms with Crippen LogP contribution in [0.2, 0.25) is 0 Å². The van der Waals surface area contributed by atoms with Crippen LogP contribution in [0.3, 0.4) is 0 Å². The van der Waals surface area contributed by atoms with Crippen molar-refractivity contribution in [3.63, 3.8) is 0 Å². The number of fused-ring (bicyclic) bond motifs is 3. The summed E-state index contributed by atoms with van der Waals surface area (Å²) in [4.78, 5) is 25.7. The number of carbonyl (C=O) groups is 1. The van der Waals surface area contributed by atoms with Crippen LogP contribution in [0.25, 0.3) is 27.5 Å². The molecule has 0 unspecified atom stereocenters. The lowest BCUT2D eigenvalue weighted by Crippen LogP contribution is -2.25. The Bertz CT molecular complexity index is 1400. The van der Waals surface area contributed by atoms with E-state index >= 15 is 0 Å². The highest BCUT2D eigenvalue weighted by Crippen LogP contribution is 2.31. The number of aromatic nitrogens is 3. The molecular formula is C22H17F3N4O2. The summed E-state index contributed by atoms with van der Waals surface area (Å²) in [7, 11) is 1.68. The van der Waals surface area contributed by atoms with Crippen LogP contribution < -0.4 is 10.9 Å². The van der Waals surface area contributed by atoms with E-state index in [0.717, 1.165) is 25.0 Å². The molecule has 0 bridgehead atoms. The average molecular weight is 426 g/mol. The second-order valence-electron chi connectivity index (χ2n) is 7.73. The minimum atomic E-state index is -4.47. The van der Waals surface area contributed by atoms with Crippen LogP contribution in [-0.2, 0) is 13.2 Å². The van der Waals surface area contributed by atoms with E-state index < -0.39 is 17.3 Å². The van der Waals surface area contributed by atoms with Crippen molar-refractivity contribution in [1.82, 2.24) is 19.7 Å². The first-order valence-electron chi connectivity index (χ1n) is 9.73. The first-order valence-corrected chi connectivity index (χ1v) is 9.73. The summed E-state index contributed by atoms with van der Waals surface area (Å²) >= 11 is 0. The number of nitrogens with zero attached hydrogens (tertiary/aromatic N) is 3. The maximum atomic E-state index is 13.2. The Morgan fingerprint density at radius 3 is 2.45 bits per heavy atom. The Balaban J connectivity index is 1.74. The number of hydrogen-bond donors (Lipinski definition) is 1. The molecule has 0 radical (unpaired) electrons. The number of rotatable bonds is 3. The number of pyridine rings is 1. The maximum absolute atomic E-state index is 13.2. The molecule has 1 N–H and O–H groups in total. The van der Waals surface area contributed by atoms with Gasteiger partial charge in [0.1, 0.15) is 5.52 Å². The highest BCUT2D eigenvalue weighted by atomic mass is 19.4. The predicted molar refractivity (Wildman–Crippen MR) is 109 cm³/mol. The highest BCUT2D eigenvalue weighted by molar-refractivity contribution is 6.07. The summed E-state index contributed by atoms with van der Waals surface area (Å²) in [5, 5.41) is 8.19. The van der Waals surface area contributed by atoms with Crippen LogP contribution in [0.5, 0.6) is 0 Å². The van der Waals surface area contributed by atoms with Gasteiger partial charge in [-0.1, -0.05) is 0 Å². The van der Waals surface area contributed by atoms with E-state index in [0.29, 0.717) is 33.1 Å². The lowest BCUT2D eigenvalue weighted by molar-refractivity contribution is -0.137. The van der Waals surface area contributed by atoms with Gasteiger partial charge in [0.2, 0.25) is 0 Å². The molecule has 0 aliphatic heterocycles. The number of benzene rings is 2. The fraction of sp³-hybridized carbons (Fsp3) is 0.227. The zero-order chi connectivity index (χ0) is 21.9. The summed E-state index contributed by atoms with van der Waals surface area (Å²) in [5.41, 5.74) is 0.430. The van der Waals surface area contributed by atoms with E-state index in [9.17, 15) is 22.8 Å². The molecule has 6 nitrogen and oxygen atoms in total. The van der Waals surface area contributed by atoms with Crippen molar-refractivity contribution in [3.8, 4) is 5.69 Å². The largest absolute Gasteiger partial charge is 0.416 e. The lowest BCUT2D eigenvalue weighted by Gasteiger charge is -2.13. The molecule has 9 heteroatoms. The average Bonchev–Trinajstić information content (AvgIpc) is 3.45. The van der Waals surface area contributed by atoms with Crippen molar-refractivity contribution < 1.29 is 18.0 Å². The fourth-order valence-electron chi connectivity index (χ4n) is 3.69. The second kappa shape index (κ2) is 6.69. The number of aryl methyl sites for hydroxylation is 1. The molecule has 31 heavy (non-hydrogen) atoms. The first-order chi connectivity index (χ1) is 14.7. The topological polar surface area (TPSA) is 68.9 Å². The number of alkyl halides is 3. The summed E-state index contributed by atoms with van der Waals surface area (Å²) in [5.74, 6) is -0.208. The van der Waals surface area contributed by atoms with Crippen LogP contribution in [0.1, 0.15) is 28.8 Å². The molecule has 2 aromatic heterocycles. The molecule has 0 spiro atoms. The second-order valence-corrected chi connectivity index (χ2v) is 7.73. The van der Waals surface area contributed by atoms with Gasteiger partial charge in [-0.25, -0.2) is 0 Å². The summed E-state index contributed by atoms with van der Waals surface area (Å²) in [6, 6.07) is 9.51. The van der Waals surface area contributed by atoms with E-state index in [-0.39, 0.29) is 11.9 Å². The highest BCUT2D eigenvalue weighted by Gasteiger charge is 2.30. The Hall–Kier alpha value is -3.62. The molecule has 1 saturated carbocycles. The van der Waals surface area contributed by atoms with Crippen LogP contribution in [0, 0.1) is 0 Å². The van der Waals surface area contributed by atoms with Gasteiger partial charge in [-0.15, -0.1) is 0 Å². The molecule has 158 valence electrons. The van der Waals surface area contributed by atoms with Gasteiger partial charge < -0.3 is 5.32 Å². The Morgan fingerprint density at radius 2 is 1.81 bits per heavy atom. The smallest absolute Gasteiger partial charge is 0.349 e. The van der Waals surface area contributed by atoms with Crippen LogP contribution in [-0.4, -0.2) is 26.3 Å². The third-order valence-electron chi connectivity index (χ3n) is 5.38. The van der Waals surface area contributed by atoms with Crippen LogP contribution in [0.15, 0.2) is 53.5 Å². The van der Waals surface area contributed by atoms with Gasteiger partial charge in [0.25, 0.3) is 11.5 Å². The van der Waals surface area contributed by atoms with E-state index in [1.54, 1.807) is 31.4 Å². The Kier molecular flexibility index (Phi) is 4.18. The predicted octanol–water partition coefficient (Wildman–Crippen LogP) is 3.79. The van der Waals surface area contributed by atoms with Gasteiger partial charge in [0.05, 0.1) is 16.5 Å². The van der Waals surface area contributed by atoms with Crippen molar-refractivity contribution >= 4 is 27.7 Å². The zero-order valence-corrected chi connectivity index (χ0v) is 16.4. The quantitative estimate of drug-likeness (QED) is 0.542. The molecule has 4 aromatic rings. The standard InChI is InChI=1S/C22H17F3N4O2/c1-28-11-17-19(27-28)16-10-12(20(30)26-14-5-6-14)2-9-18(16)29(21(17)31)15-7-3-13(4-8-15)22(23,24)25/h2-4,7-11,14H,5-6H2,1H3,(H,26,30). The van der Waals surface area contributed by atoms with Gasteiger partial charge >= 0.3 is 6.18 Å². The molecule has 1 amide bonds. The molecule has 2 heterocycles. The molecule has 1 aliphatic rings. The molecule has 1 aliphatic carbocycles. The van der Waals surface area contributed by atoms with Crippen molar-refractivity contribution in [2.24, 2.45) is 7.05 Å². The summed E-state index contributed by atoms with van der Waals surface area (Å²) < 4.78 is 41.7. The molecule has 5 rings (SSSR count).